The summed E-state index contributed by atoms with van der Waals surface area (Å²) in [6, 6.07) is 64.5. The molecule has 1 spiro atoms. The van der Waals surface area contributed by atoms with Gasteiger partial charge in [-0.15, -0.1) is 0 Å². The zero-order valence-corrected chi connectivity index (χ0v) is 30.2. The van der Waals surface area contributed by atoms with Crippen LogP contribution in [0.25, 0.3) is 55.3 Å². The number of rotatable bonds is 6. The molecule has 1 nitrogen and oxygen atoms in total. The number of halogens is 1. The van der Waals surface area contributed by atoms with Crippen molar-refractivity contribution in [1.82, 2.24) is 0 Å². The first-order valence-electron chi connectivity index (χ1n) is 19.3. The molecule has 8 aromatic carbocycles. The zero-order valence-electron chi connectivity index (χ0n) is 30.2. The Balaban J connectivity index is 1.19. The number of hydrogen-bond donors (Lipinski definition) is 0. The molecule has 0 atom stereocenters. The summed E-state index contributed by atoms with van der Waals surface area (Å²) in [5.41, 5.74) is 15.7. The Hall–Kier alpha value is -6.25. The summed E-state index contributed by atoms with van der Waals surface area (Å²) in [5.74, 6) is -0.230. The van der Waals surface area contributed by atoms with Gasteiger partial charge in [0.2, 0.25) is 0 Å². The van der Waals surface area contributed by atoms with Gasteiger partial charge in [0.25, 0.3) is 0 Å². The van der Waals surface area contributed by atoms with Gasteiger partial charge in [0.1, 0.15) is 5.82 Å². The van der Waals surface area contributed by atoms with Crippen LogP contribution < -0.4 is 4.90 Å². The van der Waals surface area contributed by atoms with Gasteiger partial charge >= 0.3 is 0 Å². The SMILES string of the molecule is Fc1cccc(-c2cccc3cccc(-c4cccc(N(c5ccc(-c6ccccc6)cc5)c5cccc6c5C5(CCCCC5)c5ccccc5-6)c4)c23)c1. The molecule has 0 bridgehead atoms. The lowest BCUT2D eigenvalue weighted by atomic mass is 9.67. The van der Waals surface area contributed by atoms with Crippen molar-refractivity contribution >= 4 is 27.8 Å². The Kier molecular flexibility index (Phi) is 7.99. The molecule has 0 heterocycles. The number of fused-ring (bicyclic) bond motifs is 6. The molecule has 2 aliphatic carbocycles. The van der Waals surface area contributed by atoms with E-state index in [0.29, 0.717) is 0 Å². The van der Waals surface area contributed by atoms with Crippen molar-refractivity contribution in [2.45, 2.75) is 37.5 Å². The molecule has 0 unspecified atom stereocenters. The molecular formula is C52H40FN. The summed E-state index contributed by atoms with van der Waals surface area (Å²) < 4.78 is 14.6. The van der Waals surface area contributed by atoms with Crippen LogP contribution in [0.15, 0.2) is 182 Å². The summed E-state index contributed by atoms with van der Waals surface area (Å²) in [5, 5.41) is 2.25. The van der Waals surface area contributed by atoms with Gasteiger partial charge in [0.05, 0.1) is 5.69 Å². The molecule has 2 heteroatoms. The van der Waals surface area contributed by atoms with Crippen LogP contribution in [0.1, 0.15) is 43.2 Å². The summed E-state index contributed by atoms with van der Waals surface area (Å²) in [7, 11) is 0. The monoisotopic (exact) mass is 697 g/mol. The van der Waals surface area contributed by atoms with Gasteiger partial charge in [0, 0.05) is 16.8 Å². The van der Waals surface area contributed by atoms with Crippen molar-refractivity contribution < 1.29 is 4.39 Å². The fourth-order valence-corrected chi connectivity index (χ4v) is 9.55. The van der Waals surface area contributed by atoms with Crippen LogP contribution in [0, 0.1) is 5.82 Å². The van der Waals surface area contributed by atoms with Crippen LogP contribution in [-0.2, 0) is 5.41 Å². The van der Waals surface area contributed by atoms with Crippen LogP contribution in [0.5, 0.6) is 0 Å². The van der Waals surface area contributed by atoms with Gasteiger partial charge in [-0.2, -0.15) is 0 Å². The van der Waals surface area contributed by atoms with Crippen LogP contribution in [-0.4, -0.2) is 0 Å². The van der Waals surface area contributed by atoms with E-state index in [2.05, 4.69) is 163 Å². The maximum absolute atomic E-state index is 14.6. The Morgan fingerprint density at radius 3 is 1.78 bits per heavy atom. The third kappa shape index (κ3) is 5.36. The molecule has 0 saturated heterocycles. The largest absolute Gasteiger partial charge is 0.310 e. The van der Waals surface area contributed by atoms with Crippen molar-refractivity contribution in [3.63, 3.8) is 0 Å². The topological polar surface area (TPSA) is 3.24 Å². The molecule has 1 fully saturated rings. The predicted octanol–water partition coefficient (Wildman–Crippen LogP) is 14.7. The molecule has 0 radical (unpaired) electrons. The van der Waals surface area contributed by atoms with E-state index in [4.69, 9.17) is 0 Å². The van der Waals surface area contributed by atoms with Gasteiger partial charge in [-0.05, 0) is 122 Å². The highest BCUT2D eigenvalue weighted by Crippen LogP contribution is 2.59. The van der Waals surface area contributed by atoms with Gasteiger partial charge in [-0.3, -0.25) is 0 Å². The molecule has 0 aliphatic heterocycles. The molecule has 260 valence electrons. The highest BCUT2D eigenvalue weighted by molar-refractivity contribution is 6.07. The van der Waals surface area contributed by atoms with Crippen molar-refractivity contribution in [2.24, 2.45) is 0 Å². The average molecular weight is 698 g/mol. The number of nitrogens with zero attached hydrogens (tertiary/aromatic N) is 1. The highest BCUT2D eigenvalue weighted by atomic mass is 19.1. The smallest absolute Gasteiger partial charge is 0.123 e. The van der Waals surface area contributed by atoms with Gasteiger partial charge in [-0.1, -0.05) is 159 Å². The normalized spacial score (nSPS) is 14.2. The number of anilines is 3. The molecule has 54 heavy (non-hydrogen) atoms. The van der Waals surface area contributed by atoms with E-state index in [1.165, 1.54) is 64.4 Å². The quantitative estimate of drug-likeness (QED) is 0.167. The van der Waals surface area contributed by atoms with Crippen molar-refractivity contribution in [1.29, 1.82) is 0 Å². The van der Waals surface area contributed by atoms with Gasteiger partial charge in [-0.25, -0.2) is 4.39 Å². The Bertz CT molecular complexity index is 2650. The van der Waals surface area contributed by atoms with Crippen LogP contribution in [0.3, 0.4) is 0 Å². The predicted molar refractivity (Wildman–Crippen MR) is 224 cm³/mol. The number of benzene rings is 8. The van der Waals surface area contributed by atoms with Crippen LogP contribution in [0.2, 0.25) is 0 Å². The molecule has 0 aromatic heterocycles. The van der Waals surface area contributed by atoms with Crippen LogP contribution in [0.4, 0.5) is 21.5 Å². The second-order valence-electron chi connectivity index (χ2n) is 14.9. The first-order valence-corrected chi connectivity index (χ1v) is 19.3. The Morgan fingerprint density at radius 1 is 0.426 bits per heavy atom. The summed E-state index contributed by atoms with van der Waals surface area (Å²) >= 11 is 0. The third-order valence-corrected chi connectivity index (χ3v) is 11.9. The fraction of sp³-hybridized carbons (Fsp3) is 0.115. The van der Waals surface area contributed by atoms with Crippen molar-refractivity contribution in [2.75, 3.05) is 4.90 Å². The Morgan fingerprint density at radius 2 is 1.02 bits per heavy atom. The van der Waals surface area contributed by atoms with Gasteiger partial charge in [0.15, 0.2) is 0 Å². The third-order valence-electron chi connectivity index (χ3n) is 11.9. The van der Waals surface area contributed by atoms with E-state index in [1.807, 2.05) is 6.07 Å². The number of hydrogen-bond acceptors (Lipinski definition) is 1. The molecule has 1 saturated carbocycles. The van der Waals surface area contributed by atoms with Gasteiger partial charge < -0.3 is 4.90 Å². The van der Waals surface area contributed by atoms with Crippen LogP contribution >= 0.6 is 0 Å². The molecule has 10 rings (SSSR count). The first-order chi connectivity index (χ1) is 26.7. The van der Waals surface area contributed by atoms with E-state index in [1.54, 1.807) is 12.1 Å². The summed E-state index contributed by atoms with van der Waals surface area (Å²) in [6.45, 7) is 0. The van der Waals surface area contributed by atoms with Crippen molar-refractivity contribution in [3.05, 3.63) is 199 Å². The zero-order chi connectivity index (χ0) is 36.1. The second kappa shape index (κ2) is 13.3. The molecule has 2 aliphatic rings. The lowest BCUT2D eigenvalue weighted by molar-refractivity contribution is 0.353. The molecule has 8 aromatic rings. The van der Waals surface area contributed by atoms with E-state index >= 15 is 0 Å². The minimum atomic E-state index is -0.230. The van der Waals surface area contributed by atoms with E-state index in [-0.39, 0.29) is 11.2 Å². The van der Waals surface area contributed by atoms with E-state index in [0.717, 1.165) is 57.2 Å². The lowest BCUT2D eigenvalue weighted by Gasteiger charge is -2.39. The standard InChI is InChI=1S/C52H40FN/c53-41-20-9-18-39(34-41)44-23-11-16-38-17-12-24-45(50(38)44)40-19-10-21-43(35-40)54(42-30-28-37(29-31-42)36-14-3-1-4-15-36)49-27-13-25-47-46-22-5-6-26-48(46)52(51(47)49)32-7-2-8-33-52/h1,3-6,9-31,34-35H,2,7-8,32-33H2. The van der Waals surface area contributed by atoms with Crippen molar-refractivity contribution in [3.8, 4) is 44.5 Å². The molecular weight excluding hydrogens is 658 g/mol. The van der Waals surface area contributed by atoms with E-state index in [9.17, 15) is 4.39 Å². The first kappa shape index (κ1) is 32.4. The minimum absolute atomic E-state index is 0.0178. The molecule has 0 amide bonds. The fourth-order valence-electron chi connectivity index (χ4n) is 9.55. The Labute approximate surface area is 317 Å². The average Bonchev–Trinajstić information content (AvgIpc) is 3.50. The second-order valence-corrected chi connectivity index (χ2v) is 14.9. The maximum Gasteiger partial charge on any atom is 0.123 e. The molecule has 0 N–H and O–H groups in total. The maximum atomic E-state index is 14.6. The lowest BCUT2D eigenvalue weighted by Crippen LogP contribution is -2.30. The highest BCUT2D eigenvalue weighted by Gasteiger charge is 2.46. The van der Waals surface area contributed by atoms with E-state index < -0.39 is 0 Å². The summed E-state index contributed by atoms with van der Waals surface area (Å²) in [4.78, 5) is 2.50. The minimum Gasteiger partial charge on any atom is -0.310 e. The summed E-state index contributed by atoms with van der Waals surface area (Å²) in [6.07, 6.45) is 6.08.